The molecule has 0 amide bonds. The number of nitrogens with zero attached hydrogens (tertiary/aromatic N) is 3. The largest absolute Gasteiger partial charge is 0.373 e. The van der Waals surface area contributed by atoms with Crippen molar-refractivity contribution in [2.24, 2.45) is 0 Å². The standard InChI is InChI=1S/C15H18ClN3O2/c1-15(2)10-18(5-6-21-15)9-12-7-14(20)19-8-11(16)3-4-13(19)17-12/h3-4,7-8H,5-6,9-10H2,1-2H3. The van der Waals surface area contributed by atoms with Gasteiger partial charge in [0.2, 0.25) is 0 Å². The minimum Gasteiger partial charge on any atom is -0.373 e. The summed E-state index contributed by atoms with van der Waals surface area (Å²) in [7, 11) is 0. The van der Waals surface area contributed by atoms with E-state index in [4.69, 9.17) is 16.3 Å². The first-order chi connectivity index (χ1) is 9.93. The van der Waals surface area contributed by atoms with Gasteiger partial charge in [0.15, 0.2) is 0 Å². The van der Waals surface area contributed by atoms with E-state index < -0.39 is 0 Å². The molecule has 0 saturated carbocycles. The molecule has 0 radical (unpaired) electrons. The van der Waals surface area contributed by atoms with Crippen LogP contribution in [0, 0.1) is 0 Å². The molecule has 21 heavy (non-hydrogen) atoms. The summed E-state index contributed by atoms with van der Waals surface area (Å²) in [6.45, 7) is 7.18. The molecule has 1 fully saturated rings. The van der Waals surface area contributed by atoms with Gasteiger partial charge in [-0.05, 0) is 26.0 Å². The summed E-state index contributed by atoms with van der Waals surface area (Å²) in [5.74, 6) is 0. The zero-order valence-corrected chi connectivity index (χ0v) is 12.9. The van der Waals surface area contributed by atoms with Crippen LogP contribution in [0.3, 0.4) is 0 Å². The Morgan fingerprint density at radius 1 is 1.43 bits per heavy atom. The van der Waals surface area contributed by atoms with Crippen molar-refractivity contribution in [1.29, 1.82) is 0 Å². The lowest BCUT2D eigenvalue weighted by Gasteiger charge is -2.37. The third kappa shape index (κ3) is 3.26. The lowest BCUT2D eigenvalue weighted by atomic mass is 10.1. The Morgan fingerprint density at radius 2 is 2.24 bits per heavy atom. The second kappa shape index (κ2) is 5.40. The van der Waals surface area contributed by atoms with Gasteiger partial charge in [0.1, 0.15) is 5.65 Å². The van der Waals surface area contributed by atoms with E-state index in [1.165, 1.54) is 4.40 Å². The fourth-order valence-electron chi connectivity index (χ4n) is 2.69. The van der Waals surface area contributed by atoms with Crippen molar-refractivity contribution in [3.8, 4) is 0 Å². The lowest BCUT2D eigenvalue weighted by Crippen LogP contribution is -2.47. The number of hydrogen-bond acceptors (Lipinski definition) is 4. The number of halogens is 1. The van der Waals surface area contributed by atoms with Gasteiger partial charge in [-0.15, -0.1) is 0 Å². The molecule has 0 N–H and O–H groups in total. The van der Waals surface area contributed by atoms with Crippen LogP contribution in [-0.2, 0) is 11.3 Å². The van der Waals surface area contributed by atoms with Crippen LogP contribution >= 0.6 is 11.6 Å². The predicted octanol–water partition coefficient (Wildman–Crippen LogP) is 1.96. The first kappa shape index (κ1) is 14.5. The topological polar surface area (TPSA) is 46.8 Å². The van der Waals surface area contributed by atoms with Gasteiger partial charge in [0.25, 0.3) is 5.56 Å². The molecule has 3 heterocycles. The molecule has 0 bridgehead atoms. The molecule has 6 heteroatoms. The van der Waals surface area contributed by atoms with Gasteiger partial charge in [-0.25, -0.2) is 4.98 Å². The van der Waals surface area contributed by atoms with Crippen LogP contribution in [0.1, 0.15) is 19.5 Å². The van der Waals surface area contributed by atoms with Crippen LogP contribution in [0.5, 0.6) is 0 Å². The molecule has 0 aliphatic carbocycles. The highest BCUT2D eigenvalue weighted by molar-refractivity contribution is 6.30. The number of fused-ring (bicyclic) bond motifs is 1. The molecule has 3 rings (SSSR count). The van der Waals surface area contributed by atoms with E-state index in [9.17, 15) is 4.79 Å². The van der Waals surface area contributed by atoms with Crippen molar-refractivity contribution in [2.75, 3.05) is 19.7 Å². The van der Waals surface area contributed by atoms with Gasteiger partial charge in [0, 0.05) is 31.9 Å². The summed E-state index contributed by atoms with van der Waals surface area (Å²) in [5.41, 5.74) is 1.14. The first-order valence-electron chi connectivity index (χ1n) is 6.97. The third-order valence-electron chi connectivity index (χ3n) is 3.57. The maximum absolute atomic E-state index is 12.1. The molecular formula is C15H18ClN3O2. The fourth-order valence-corrected chi connectivity index (χ4v) is 2.85. The summed E-state index contributed by atoms with van der Waals surface area (Å²) in [4.78, 5) is 18.9. The molecule has 1 aliphatic heterocycles. The van der Waals surface area contributed by atoms with Gasteiger partial charge < -0.3 is 4.74 Å². The predicted molar refractivity (Wildman–Crippen MR) is 81.8 cm³/mol. The van der Waals surface area contributed by atoms with E-state index in [0.717, 1.165) is 18.8 Å². The van der Waals surface area contributed by atoms with E-state index in [0.29, 0.717) is 23.8 Å². The smallest absolute Gasteiger partial charge is 0.258 e. The first-order valence-corrected chi connectivity index (χ1v) is 7.35. The van der Waals surface area contributed by atoms with Gasteiger partial charge in [0.05, 0.1) is 22.9 Å². The van der Waals surface area contributed by atoms with E-state index >= 15 is 0 Å². The normalized spacial score (nSPS) is 19.0. The zero-order chi connectivity index (χ0) is 15.0. The highest BCUT2D eigenvalue weighted by Crippen LogP contribution is 2.18. The van der Waals surface area contributed by atoms with Crippen LogP contribution in [0.2, 0.25) is 5.02 Å². The Morgan fingerprint density at radius 3 is 3.00 bits per heavy atom. The quantitative estimate of drug-likeness (QED) is 0.851. The SMILES string of the molecule is CC1(C)CN(Cc2cc(=O)n3cc(Cl)ccc3n2)CCO1. The molecule has 2 aromatic heterocycles. The average Bonchev–Trinajstić information content (AvgIpc) is 2.38. The number of ether oxygens (including phenoxy) is 1. The van der Waals surface area contributed by atoms with E-state index in [2.05, 4.69) is 23.7 Å². The Hall–Kier alpha value is -1.43. The Labute approximate surface area is 128 Å². The summed E-state index contributed by atoms with van der Waals surface area (Å²) in [5, 5.41) is 0.522. The number of aromatic nitrogens is 2. The van der Waals surface area contributed by atoms with Gasteiger partial charge in [-0.1, -0.05) is 11.6 Å². The van der Waals surface area contributed by atoms with Crippen molar-refractivity contribution in [1.82, 2.24) is 14.3 Å². The molecule has 1 saturated heterocycles. The van der Waals surface area contributed by atoms with Crippen molar-refractivity contribution in [3.05, 3.63) is 45.5 Å². The maximum Gasteiger partial charge on any atom is 0.258 e. The van der Waals surface area contributed by atoms with Crippen LogP contribution in [0.15, 0.2) is 29.2 Å². The van der Waals surface area contributed by atoms with Crippen LogP contribution in [0.25, 0.3) is 5.65 Å². The molecule has 0 aromatic carbocycles. The monoisotopic (exact) mass is 307 g/mol. The number of morpholine rings is 1. The summed E-state index contributed by atoms with van der Waals surface area (Å²) >= 11 is 5.91. The molecule has 0 spiro atoms. The minimum atomic E-state index is -0.155. The van der Waals surface area contributed by atoms with Crippen molar-refractivity contribution in [3.63, 3.8) is 0 Å². The summed E-state index contributed by atoms with van der Waals surface area (Å²) < 4.78 is 7.17. The van der Waals surface area contributed by atoms with Crippen LogP contribution in [-0.4, -0.2) is 39.6 Å². The van der Waals surface area contributed by atoms with E-state index in [1.807, 2.05) is 0 Å². The van der Waals surface area contributed by atoms with E-state index in [1.54, 1.807) is 24.4 Å². The van der Waals surface area contributed by atoms with Crippen molar-refractivity contribution in [2.45, 2.75) is 26.0 Å². The fraction of sp³-hybridized carbons (Fsp3) is 0.467. The lowest BCUT2D eigenvalue weighted by molar-refractivity contribution is -0.0885. The maximum atomic E-state index is 12.1. The molecular weight excluding hydrogens is 290 g/mol. The highest BCUT2D eigenvalue weighted by atomic mass is 35.5. The molecule has 112 valence electrons. The zero-order valence-electron chi connectivity index (χ0n) is 12.2. The van der Waals surface area contributed by atoms with Crippen LogP contribution < -0.4 is 5.56 Å². The summed E-state index contributed by atoms with van der Waals surface area (Å²) in [6, 6.07) is 5.08. The Balaban J connectivity index is 1.88. The van der Waals surface area contributed by atoms with Gasteiger partial charge in [-0.2, -0.15) is 0 Å². The minimum absolute atomic E-state index is 0.106. The molecule has 0 atom stereocenters. The molecule has 5 nitrogen and oxygen atoms in total. The van der Waals surface area contributed by atoms with Crippen LogP contribution in [0.4, 0.5) is 0 Å². The average molecular weight is 308 g/mol. The Kier molecular flexibility index (Phi) is 3.73. The van der Waals surface area contributed by atoms with Crippen molar-refractivity contribution >= 4 is 17.2 Å². The Bertz CT molecular complexity index is 726. The van der Waals surface area contributed by atoms with Gasteiger partial charge in [-0.3, -0.25) is 14.1 Å². The van der Waals surface area contributed by atoms with Crippen molar-refractivity contribution < 1.29 is 4.74 Å². The highest BCUT2D eigenvalue weighted by Gasteiger charge is 2.27. The second-order valence-electron chi connectivity index (χ2n) is 5.98. The van der Waals surface area contributed by atoms with Gasteiger partial charge >= 0.3 is 0 Å². The molecule has 2 aromatic rings. The summed E-state index contributed by atoms with van der Waals surface area (Å²) in [6.07, 6.45) is 1.59. The number of pyridine rings is 1. The third-order valence-corrected chi connectivity index (χ3v) is 3.79. The van der Waals surface area contributed by atoms with E-state index in [-0.39, 0.29) is 11.2 Å². The molecule has 0 unspecified atom stereocenters. The number of hydrogen-bond donors (Lipinski definition) is 0. The second-order valence-corrected chi connectivity index (χ2v) is 6.42. The molecule has 1 aliphatic rings. The number of rotatable bonds is 2.